The Bertz CT molecular complexity index is 3650. The number of aryl methyl sites for hydroxylation is 2. The molecular weight excluding hydrogens is 1480 g/mol. The summed E-state index contributed by atoms with van der Waals surface area (Å²) in [5.41, 5.74) is 5.06. The molecule has 0 radical (unpaired) electrons. The molecule has 9 heterocycles. The van der Waals surface area contributed by atoms with Crippen LogP contribution in [0, 0.1) is 0 Å². The van der Waals surface area contributed by atoms with Crippen LogP contribution >= 0.6 is 103 Å². The number of H-pyrrole nitrogens is 1. The van der Waals surface area contributed by atoms with Crippen LogP contribution in [0.4, 0.5) is 0 Å². The second-order valence-corrected chi connectivity index (χ2v) is 21.3. The molecule has 9 aromatic rings. The van der Waals surface area contributed by atoms with E-state index in [2.05, 4.69) is 66.0 Å². The summed E-state index contributed by atoms with van der Waals surface area (Å²) in [5.74, 6) is -1.88. The van der Waals surface area contributed by atoms with Gasteiger partial charge in [-0.05, 0) is 123 Å². The smallest absolute Gasteiger partial charge is 1.00 e. The van der Waals surface area contributed by atoms with Crippen LogP contribution in [0.15, 0.2) is 187 Å². The predicted octanol–water partition coefficient (Wildman–Crippen LogP) is 6.17. The van der Waals surface area contributed by atoms with E-state index in [9.17, 15) is 43.2 Å². The van der Waals surface area contributed by atoms with Gasteiger partial charge in [0.1, 0.15) is 31.5 Å². The van der Waals surface area contributed by atoms with Crippen molar-refractivity contribution in [3.05, 3.63) is 246 Å². The Morgan fingerprint density at radius 2 is 1.06 bits per heavy atom. The average molecular weight is 1540 g/mol. The van der Waals surface area contributed by atoms with Crippen LogP contribution in [-0.2, 0) is 42.4 Å². The van der Waals surface area contributed by atoms with Gasteiger partial charge in [0.15, 0.2) is 11.6 Å². The summed E-state index contributed by atoms with van der Waals surface area (Å²) in [6.07, 6.45) is 16.8. The summed E-state index contributed by atoms with van der Waals surface area (Å²) >= 11 is 32.7. The Morgan fingerprint density at radius 3 is 1.39 bits per heavy atom. The van der Waals surface area contributed by atoms with Crippen LogP contribution in [0.25, 0.3) is 22.5 Å². The number of hydrogen-bond acceptors (Lipinski definition) is 19. The largest absolute Gasteiger partial charge is 1.00 e. The summed E-state index contributed by atoms with van der Waals surface area (Å²) in [6, 6.07) is 32.3. The molecule has 0 fully saturated rings. The van der Waals surface area contributed by atoms with E-state index in [1.54, 1.807) is 88.5 Å². The summed E-state index contributed by atoms with van der Waals surface area (Å²) in [4.78, 5) is 124. The number of halogens is 10. The molecule has 0 aliphatic heterocycles. The van der Waals surface area contributed by atoms with Crippen molar-refractivity contribution in [2.45, 2.75) is 33.6 Å². The van der Waals surface area contributed by atoms with Crippen LogP contribution < -0.4 is 79.6 Å². The van der Waals surface area contributed by atoms with Gasteiger partial charge in [0.2, 0.25) is 14.8 Å². The molecule has 0 unspecified atom stereocenters. The standard InChI is InChI=1S/C10H7ClN2.C10H8N2O.C9H8ClNO2.C7H6ClNO.C6H3Cl2NO.C6H4ClNO2.C6H9N2O.C5H7O3.Cl2OS.2ClH.K.H2O/c11-10-5-4-8(7-13-10)9-3-1-2-6-12-9;13-10-5-4-8(7-12-10)9-3-1-2-6-11-9;1-6(12)4-8(13)7-2-3-9(10)11-5-7;1-5(10)6-2-3-7(8)9-4-6;7-5-2-1-4(3-9-5)6(8)10;7-5-2-1-4(3-8-5)6(9)10;1-7-4-3-5-8(2)6(7)9;1-2-8-5(7)3-4-6;1-4(2)3;;;;/h1-7H;1-7H,(H,12,13);2-3,5H,4H2,1H3;2-4H,1H3;1-3H;1-3H,(H,9,10);3-5H,1-2H3;2-3H2,1H3;;2*1H;;1H2/q;;;;;;+1;-1;;;;+1;/p-2. The number of ether oxygens (including phenoxy) is 1. The fourth-order valence-electron chi connectivity index (χ4n) is 5.56. The van der Waals surface area contributed by atoms with Gasteiger partial charge in [0.05, 0.1) is 62.0 Å². The molecule has 9 rings (SSSR count). The number of carboxylic acid groups (broad SMARTS) is 1. The van der Waals surface area contributed by atoms with Crippen molar-refractivity contribution in [3.63, 3.8) is 0 Å². The zero-order chi connectivity index (χ0) is 67.6. The molecule has 0 aromatic carbocycles. The number of carbonyl (C=O) groups excluding carboxylic acids is 6. The van der Waals surface area contributed by atoms with Gasteiger partial charge >= 0.3 is 63.0 Å². The number of rotatable bonds is 11. The van der Waals surface area contributed by atoms with Crippen molar-refractivity contribution in [2.24, 2.45) is 14.1 Å². The molecule has 94 heavy (non-hydrogen) atoms. The third kappa shape index (κ3) is 44.5. The van der Waals surface area contributed by atoms with Gasteiger partial charge in [-0.15, -0.1) is 12.4 Å². The number of nitrogens with one attached hydrogen (secondary N) is 1. The predicted molar refractivity (Wildman–Crippen MR) is 355 cm³/mol. The van der Waals surface area contributed by atoms with Crippen molar-refractivity contribution in [1.82, 2.24) is 44.4 Å². The fourth-order valence-corrected chi connectivity index (χ4v) is 6.23. The molecular formula is C59H54Cl10KN10O13S-. The molecule has 496 valence electrons. The first-order valence-corrected chi connectivity index (χ1v) is 30.1. The minimum atomic E-state index is -1.67. The summed E-state index contributed by atoms with van der Waals surface area (Å²) in [7, 11) is 10.8. The van der Waals surface area contributed by atoms with Gasteiger partial charge in [-0.25, -0.2) is 43.1 Å². The third-order valence-corrected chi connectivity index (χ3v) is 11.0. The van der Waals surface area contributed by atoms with E-state index in [0.717, 1.165) is 22.5 Å². The number of carbonyl (C=O) groups is 6. The Morgan fingerprint density at radius 1 is 0.638 bits per heavy atom. The number of nitrogens with zero attached hydrogens (tertiary/aromatic N) is 9. The SMILES string of the molecule is CC(=O)CC(=O)c1ccc(Cl)nc1.CC(=O)c1ccc(Cl)nc1.CCOC(=O)C[C-]=O.Cl.Clc1ccc(-c2ccccn2)cn1.Cn1ccc[n+](C)c1=O.O=C(Cl)c1ccc(Cl)nc1.O=C(O)c1ccc(Cl)nc1.O=S(Cl)Cl.O=c1ccc(-c2ccccn2)c[nH]1.[Cl-].[K+].[OH-]. The number of carboxylic acids is 1. The third-order valence-electron chi connectivity index (χ3n) is 9.70. The first-order valence-electron chi connectivity index (χ1n) is 25.0. The van der Waals surface area contributed by atoms with Gasteiger partial charge in [-0.1, -0.05) is 76.6 Å². The zero-order valence-electron chi connectivity index (χ0n) is 50.0. The second-order valence-electron chi connectivity index (χ2n) is 16.5. The van der Waals surface area contributed by atoms with Crippen molar-refractivity contribution < 1.29 is 121 Å². The van der Waals surface area contributed by atoms with Crippen molar-refractivity contribution in [1.29, 1.82) is 0 Å². The molecule has 3 N–H and O–H groups in total. The Labute approximate surface area is 635 Å². The second kappa shape index (κ2) is 55.0. The van der Waals surface area contributed by atoms with Gasteiger partial charge in [0.25, 0.3) is 11.2 Å². The maximum Gasteiger partial charge on any atom is 1.00 e. The quantitative estimate of drug-likeness (QED) is 0.0214. The van der Waals surface area contributed by atoms with Crippen molar-refractivity contribution >= 4 is 153 Å². The van der Waals surface area contributed by atoms with Crippen LogP contribution in [-0.4, -0.2) is 107 Å². The number of Topliss-reactive ketones (excluding diaryl/α,β-unsaturated/α-hetero) is 3. The number of aromatic nitrogens is 10. The van der Waals surface area contributed by atoms with Crippen molar-refractivity contribution in [2.75, 3.05) is 6.61 Å². The number of hydrogen-bond donors (Lipinski definition) is 2. The Kier molecular flexibility index (Phi) is 55.1. The van der Waals surface area contributed by atoms with E-state index in [0.29, 0.717) is 49.1 Å². The van der Waals surface area contributed by atoms with E-state index in [1.165, 1.54) is 90.5 Å². The Hall–Kier alpha value is -6.18. The molecule has 0 atom stereocenters. The number of ketones is 3. The molecule has 0 aliphatic carbocycles. The topological polar surface area (TPSA) is 345 Å². The minimum Gasteiger partial charge on any atom is -1.00 e. The first kappa shape index (κ1) is 94.2. The summed E-state index contributed by atoms with van der Waals surface area (Å²) in [5, 5.41) is 9.75. The summed E-state index contributed by atoms with van der Waals surface area (Å²) < 4.78 is 16.5. The van der Waals surface area contributed by atoms with E-state index in [4.69, 9.17) is 78.9 Å². The monoisotopic (exact) mass is 1530 g/mol. The van der Waals surface area contributed by atoms with Gasteiger partial charge in [-0.3, -0.25) is 45.0 Å². The number of pyridine rings is 8. The van der Waals surface area contributed by atoms with E-state index >= 15 is 0 Å². The molecule has 0 spiro atoms. The fraction of sp³-hybridized carbons (Fsp3) is 0.136. The van der Waals surface area contributed by atoms with Crippen LogP contribution in [0.2, 0.25) is 25.8 Å². The maximum atomic E-state index is 11.3. The van der Waals surface area contributed by atoms with E-state index < -0.39 is 26.4 Å². The van der Waals surface area contributed by atoms with Gasteiger partial charge in [0, 0.05) is 105 Å². The van der Waals surface area contributed by atoms with Crippen LogP contribution in [0.5, 0.6) is 0 Å². The average Bonchev–Trinajstić information content (AvgIpc) is 1.47. The van der Waals surface area contributed by atoms with Crippen LogP contribution in [0.1, 0.15) is 75.0 Å². The zero-order valence-corrected chi connectivity index (χ0v) is 61.6. The minimum absolute atomic E-state index is 0. The summed E-state index contributed by atoms with van der Waals surface area (Å²) in [6.45, 7) is 4.87. The number of aromatic amines is 1. The van der Waals surface area contributed by atoms with E-state index in [1.807, 2.05) is 48.5 Å². The van der Waals surface area contributed by atoms with E-state index in [-0.39, 0.29) is 129 Å². The van der Waals surface area contributed by atoms with Crippen LogP contribution in [0.3, 0.4) is 0 Å². The van der Waals surface area contributed by atoms with Gasteiger partial charge < -0.3 is 37.5 Å². The maximum absolute atomic E-state index is 11.3. The molecule has 0 aliphatic rings. The molecule has 23 nitrogen and oxygen atoms in total. The molecule has 0 saturated heterocycles. The first-order chi connectivity index (χ1) is 42.7. The molecule has 0 bridgehead atoms. The number of esters is 1. The van der Waals surface area contributed by atoms with Crippen molar-refractivity contribution in [3.8, 4) is 22.5 Å². The normalized spacial score (nSPS) is 9.04. The molecule has 35 heteroatoms. The molecule has 0 amide bonds. The molecule has 0 saturated carbocycles. The molecule has 9 aromatic heterocycles. The van der Waals surface area contributed by atoms with Gasteiger partial charge in [-0.2, -0.15) is 4.79 Å². The number of aromatic carboxylic acids is 1. The Balaban J connectivity index is -0.000000488.